The molecule has 3 heterocycles. The van der Waals surface area contributed by atoms with Gasteiger partial charge in [0.25, 0.3) is 10.1 Å². The van der Waals surface area contributed by atoms with Crippen LogP contribution in [-0.2, 0) is 28.6 Å². The molecular formula is C18H23NO6S. The first-order chi connectivity index (χ1) is 12.1. The van der Waals surface area contributed by atoms with Gasteiger partial charge in [0.05, 0.1) is 17.8 Å². The highest BCUT2D eigenvalue weighted by Crippen LogP contribution is 2.66. The summed E-state index contributed by atoms with van der Waals surface area (Å²) < 4.78 is 37.3. The number of nitrogens with one attached hydrogen (secondary N) is 1. The van der Waals surface area contributed by atoms with E-state index in [9.17, 15) is 18.0 Å². The van der Waals surface area contributed by atoms with E-state index in [1.54, 1.807) is 6.08 Å². The standard InChI is InChI=1S/C18H23NO6S/c1-16-6-3-10(4-7-16)17(16,2)9-26(22,23)25-18-8-5-11(24-18)12-13(18)15(21)19-14(12)20/h5,8,10-13H,3-4,6-7,9H2,1-2H3,(H,19,20,21). The fourth-order valence-corrected chi connectivity index (χ4v) is 8.17. The summed E-state index contributed by atoms with van der Waals surface area (Å²) in [6.45, 7) is 4.22. The van der Waals surface area contributed by atoms with Crippen LogP contribution in [0.25, 0.3) is 0 Å². The van der Waals surface area contributed by atoms with E-state index in [0.29, 0.717) is 5.92 Å². The number of imide groups is 1. The number of ether oxygens (including phenoxy) is 1. The van der Waals surface area contributed by atoms with Gasteiger partial charge in [-0.1, -0.05) is 19.9 Å². The van der Waals surface area contributed by atoms with Crippen LogP contribution in [0.1, 0.15) is 39.5 Å². The molecule has 2 aliphatic carbocycles. The number of rotatable bonds is 4. The van der Waals surface area contributed by atoms with Gasteiger partial charge < -0.3 is 4.74 Å². The Labute approximate surface area is 152 Å². The lowest BCUT2D eigenvalue weighted by molar-refractivity contribution is -0.151. The molecule has 2 saturated carbocycles. The zero-order valence-electron chi connectivity index (χ0n) is 14.9. The number of fused-ring (bicyclic) bond motifs is 7. The molecule has 0 aromatic carbocycles. The molecule has 3 aliphatic heterocycles. The fourth-order valence-electron chi connectivity index (χ4n) is 6.20. The largest absolute Gasteiger partial charge is 0.336 e. The zero-order valence-corrected chi connectivity index (χ0v) is 15.7. The van der Waals surface area contributed by atoms with Crippen molar-refractivity contribution < 1.29 is 26.9 Å². The van der Waals surface area contributed by atoms with Gasteiger partial charge in [0, 0.05) is 0 Å². The molecule has 2 amide bonds. The Kier molecular flexibility index (Phi) is 3.10. The third-order valence-electron chi connectivity index (χ3n) is 7.92. The lowest BCUT2D eigenvalue weighted by Gasteiger charge is -2.38. The van der Waals surface area contributed by atoms with Crippen molar-refractivity contribution in [2.24, 2.45) is 28.6 Å². The first-order valence-electron chi connectivity index (χ1n) is 9.24. The second kappa shape index (κ2) is 4.77. The lowest BCUT2D eigenvalue weighted by Crippen LogP contribution is -2.46. The fraction of sp³-hybridized carbons (Fsp3) is 0.778. The van der Waals surface area contributed by atoms with E-state index in [1.165, 1.54) is 6.08 Å². The first kappa shape index (κ1) is 16.9. The predicted octanol–water partition coefficient (Wildman–Crippen LogP) is 1.10. The summed E-state index contributed by atoms with van der Waals surface area (Å²) in [4.78, 5) is 24.2. The molecule has 5 aliphatic rings. The minimum absolute atomic E-state index is 0.000415. The van der Waals surface area contributed by atoms with E-state index in [-0.39, 0.29) is 16.6 Å². The Balaban J connectivity index is 1.44. The van der Waals surface area contributed by atoms with Gasteiger partial charge >= 0.3 is 0 Å². The Morgan fingerprint density at radius 2 is 1.92 bits per heavy atom. The van der Waals surface area contributed by atoms with Crippen LogP contribution < -0.4 is 5.32 Å². The van der Waals surface area contributed by atoms with Crippen molar-refractivity contribution >= 4 is 21.9 Å². The maximum absolute atomic E-state index is 13.0. The van der Waals surface area contributed by atoms with Gasteiger partial charge in [-0.05, 0) is 48.5 Å². The predicted molar refractivity (Wildman–Crippen MR) is 89.9 cm³/mol. The van der Waals surface area contributed by atoms with Gasteiger partial charge in [-0.2, -0.15) is 8.42 Å². The molecule has 0 aromatic heterocycles. The average molecular weight is 381 g/mol. The number of carbonyl (C=O) groups is 2. The van der Waals surface area contributed by atoms with Crippen LogP contribution in [0.2, 0.25) is 0 Å². The van der Waals surface area contributed by atoms with Crippen LogP contribution in [0, 0.1) is 28.6 Å². The van der Waals surface area contributed by atoms with Crippen molar-refractivity contribution in [1.29, 1.82) is 0 Å². The SMILES string of the molecule is CC12CCC(CC1)C2(C)CS(=O)(=O)OC12C=CC(O1)C1C(=O)NC(=O)C12. The van der Waals surface area contributed by atoms with E-state index in [0.717, 1.165) is 25.7 Å². The Bertz CT molecular complexity index is 842. The van der Waals surface area contributed by atoms with Crippen LogP contribution in [0.4, 0.5) is 0 Å². The molecule has 26 heavy (non-hydrogen) atoms. The summed E-state index contributed by atoms with van der Waals surface area (Å²) in [6.07, 6.45) is 6.67. The van der Waals surface area contributed by atoms with Crippen molar-refractivity contribution in [2.75, 3.05) is 5.75 Å². The minimum Gasteiger partial charge on any atom is -0.336 e. The zero-order chi connectivity index (χ0) is 18.5. The maximum Gasteiger partial charge on any atom is 0.270 e. The Hall–Kier alpha value is -1.25. The van der Waals surface area contributed by atoms with Gasteiger partial charge in [0.15, 0.2) is 0 Å². The van der Waals surface area contributed by atoms with Crippen molar-refractivity contribution in [3.8, 4) is 0 Å². The molecule has 5 unspecified atom stereocenters. The second-order valence-corrected chi connectivity index (χ2v) is 10.6. The summed E-state index contributed by atoms with van der Waals surface area (Å²) in [5, 5.41) is 2.27. The van der Waals surface area contributed by atoms with Crippen LogP contribution in [0.5, 0.6) is 0 Å². The number of hydrogen-bond donors (Lipinski definition) is 1. The molecule has 142 valence electrons. The summed E-state index contributed by atoms with van der Waals surface area (Å²) >= 11 is 0. The van der Waals surface area contributed by atoms with E-state index >= 15 is 0 Å². The van der Waals surface area contributed by atoms with E-state index < -0.39 is 45.7 Å². The molecule has 7 nitrogen and oxygen atoms in total. The van der Waals surface area contributed by atoms with Crippen molar-refractivity contribution in [1.82, 2.24) is 5.32 Å². The first-order valence-corrected chi connectivity index (χ1v) is 10.8. The molecule has 5 rings (SSSR count). The highest BCUT2D eigenvalue weighted by atomic mass is 32.2. The quantitative estimate of drug-likeness (QED) is 0.445. The van der Waals surface area contributed by atoms with Crippen LogP contribution >= 0.6 is 0 Å². The normalized spacial score (nSPS) is 51.3. The van der Waals surface area contributed by atoms with Gasteiger partial charge in [0.1, 0.15) is 5.92 Å². The smallest absolute Gasteiger partial charge is 0.270 e. The minimum atomic E-state index is -3.96. The molecule has 1 N–H and O–H groups in total. The van der Waals surface area contributed by atoms with Crippen molar-refractivity contribution in [2.45, 2.75) is 51.4 Å². The van der Waals surface area contributed by atoms with Crippen molar-refractivity contribution in [3.63, 3.8) is 0 Å². The summed E-state index contributed by atoms with van der Waals surface area (Å²) in [5.74, 6) is -3.99. The third kappa shape index (κ3) is 1.93. The van der Waals surface area contributed by atoms with Gasteiger partial charge in [0.2, 0.25) is 17.6 Å². The number of amides is 2. The lowest BCUT2D eigenvalue weighted by atomic mass is 9.71. The molecule has 0 radical (unpaired) electrons. The maximum atomic E-state index is 13.0. The third-order valence-corrected chi connectivity index (χ3v) is 9.39. The van der Waals surface area contributed by atoms with E-state index in [4.69, 9.17) is 8.92 Å². The Morgan fingerprint density at radius 1 is 1.23 bits per heavy atom. The molecule has 4 bridgehead atoms. The van der Waals surface area contributed by atoms with Gasteiger partial charge in [-0.25, -0.2) is 4.18 Å². The monoisotopic (exact) mass is 381 g/mol. The van der Waals surface area contributed by atoms with Crippen LogP contribution in [0.15, 0.2) is 12.2 Å². The van der Waals surface area contributed by atoms with Gasteiger partial charge in [-0.15, -0.1) is 0 Å². The van der Waals surface area contributed by atoms with Crippen LogP contribution in [-0.4, -0.2) is 37.9 Å². The average Bonchev–Trinajstić information content (AvgIpc) is 3.26. The van der Waals surface area contributed by atoms with Crippen LogP contribution in [0.3, 0.4) is 0 Å². The summed E-state index contributed by atoms with van der Waals surface area (Å²) in [5.41, 5.74) is -0.338. The second-order valence-electron chi connectivity index (χ2n) is 9.06. The molecule has 4 fully saturated rings. The number of carbonyl (C=O) groups excluding carboxylic acids is 2. The highest BCUT2D eigenvalue weighted by molar-refractivity contribution is 7.86. The van der Waals surface area contributed by atoms with E-state index in [1.807, 2.05) is 6.92 Å². The van der Waals surface area contributed by atoms with E-state index in [2.05, 4.69) is 12.2 Å². The molecule has 8 heteroatoms. The highest BCUT2D eigenvalue weighted by Gasteiger charge is 2.68. The number of hydrogen-bond acceptors (Lipinski definition) is 6. The molecule has 0 spiro atoms. The molecule has 5 atom stereocenters. The molecule has 2 saturated heterocycles. The molecular weight excluding hydrogens is 358 g/mol. The molecule has 0 aromatic rings. The van der Waals surface area contributed by atoms with Gasteiger partial charge in [-0.3, -0.25) is 14.9 Å². The topological polar surface area (TPSA) is 98.8 Å². The Morgan fingerprint density at radius 3 is 2.54 bits per heavy atom. The summed E-state index contributed by atoms with van der Waals surface area (Å²) in [7, 11) is -3.96. The van der Waals surface area contributed by atoms with Crippen molar-refractivity contribution in [3.05, 3.63) is 12.2 Å². The summed E-state index contributed by atoms with van der Waals surface area (Å²) in [6, 6.07) is 0.